The molecule has 1 heterocycles. The van der Waals surface area contributed by atoms with Gasteiger partial charge in [-0.15, -0.1) is 10.2 Å². The van der Waals surface area contributed by atoms with Crippen LogP contribution in [0, 0.1) is 6.92 Å². The maximum atomic E-state index is 5.58. The zero-order chi connectivity index (χ0) is 13.5. The number of azo groups is 1. The highest BCUT2D eigenvalue weighted by molar-refractivity contribution is 5.41. The van der Waals surface area contributed by atoms with Crippen LogP contribution in [0.5, 0.6) is 5.75 Å². The molecular formula is C14H18N4O. The number of nitrogens with one attached hydrogen (secondary N) is 1. The Balaban J connectivity index is 1.93. The average Bonchev–Trinajstić information content (AvgIpc) is 2.84. The number of imidazole rings is 1. The summed E-state index contributed by atoms with van der Waals surface area (Å²) in [5.74, 6) is 1.38. The third-order valence-corrected chi connectivity index (χ3v) is 2.55. The number of benzene rings is 1. The van der Waals surface area contributed by atoms with Crippen LogP contribution in [0.1, 0.15) is 25.5 Å². The number of nitrogens with zero attached hydrogens (tertiary/aromatic N) is 3. The van der Waals surface area contributed by atoms with E-state index in [1.165, 1.54) is 0 Å². The first-order valence-electron chi connectivity index (χ1n) is 6.44. The lowest BCUT2D eigenvalue weighted by Crippen LogP contribution is -1.95. The highest BCUT2D eigenvalue weighted by atomic mass is 16.5. The fourth-order valence-corrected chi connectivity index (χ4v) is 1.50. The van der Waals surface area contributed by atoms with E-state index in [0.29, 0.717) is 5.95 Å². The summed E-state index contributed by atoms with van der Waals surface area (Å²) in [7, 11) is 0. The van der Waals surface area contributed by atoms with Crippen LogP contribution < -0.4 is 4.74 Å². The van der Waals surface area contributed by atoms with Crippen LogP contribution in [0.15, 0.2) is 40.7 Å². The normalized spacial score (nSPS) is 11.1. The summed E-state index contributed by atoms with van der Waals surface area (Å²) < 4.78 is 5.58. The van der Waals surface area contributed by atoms with Crippen molar-refractivity contribution in [3.63, 3.8) is 0 Å². The maximum Gasteiger partial charge on any atom is 0.246 e. The van der Waals surface area contributed by atoms with E-state index in [0.717, 1.165) is 36.6 Å². The van der Waals surface area contributed by atoms with Gasteiger partial charge >= 0.3 is 0 Å². The molecule has 0 aliphatic carbocycles. The molecule has 1 aromatic carbocycles. The molecule has 0 bridgehead atoms. The van der Waals surface area contributed by atoms with E-state index in [4.69, 9.17) is 4.74 Å². The number of aromatic nitrogens is 2. The number of H-pyrrole nitrogens is 1. The summed E-state index contributed by atoms with van der Waals surface area (Å²) >= 11 is 0. The van der Waals surface area contributed by atoms with E-state index in [9.17, 15) is 0 Å². The standard InChI is InChI=1S/C14H18N4O/c1-3-4-9-19-13-7-5-12(6-8-13)17-18-14-15-10-11(2)16-14/h5-8,10H,3-4,9H2,1-2H3,(H,15,16). The lowest BCUT2D eigenvalue weighted by Gasteiger charge is -2.04. The van der Waals surface area contributed by atoms with E-state index in [-0.39, 0.29) is 0 Å². The van der Waals surface area contributed by atoms with Crippen LogP contribution in [-0.2, 0) is 0 Å². The average molecular weight is 258 g/mol. The second-order valence-corrected chi connectivity index (χ2v) is 4.29. The molecule has 0 spiro atoms. The van der Waals surface area contributed by atoms with Gasteiger partial charge in [0.25, 0.3) is 0 Å². The Labute approximate surface area is 112 Å². The third kappa shape index (κ3) is 4.21. The molecule has 0 fully saturated rings. The number of hydrogen-bond donors (Lipinski definition) is 1. The zero-order valence-corrected chi connectivity index (χ0v) is 11.3. The molecule has 100 valence electrons. The van der Waals surface area contributed by atoms with Gasteiger partial charge < -0.3 is 9.72 Å². The lowest BCUT2D eigenvalue weighted by molar-refractivity contribution is 0.309. The molecule has 0 unspecified atom stereocenters. The van der Waals surface area contributed by atoms with Gasteiger partial charge in [-0.2, -0.15) is 0 Å². The van der Waals surface area contributed by atoms with Gasteiger partial charge in [-0.3, -0.25) is 0 Å². The Bertz CT molecular complexity index is 531. The molecule has 2 rings (SSSR count). The van der Waals surface area contributed by atoms with E-state index in [2.05, 4.69) is 27.1 Å². The van der Waals surface area contributed by atoms with E-state index in [1.54, 1.807) is 6.20 Å². The smallest absolute Gasteiger partial charge is 0.246 e. The Morgan fingerprint density at radius 3 is 2.63 bits per heavy atom. The largest absolute Gasteiger partial charge is 0.494 e. The fourth-order valence-electron chi connectivity index (χ4n) is 1.50. The summed E-state index contributed by atoms with van der Waals surface area (Å²) in [5, 5.41) is 8.12. The van der Waals surface area contributed by atoms with Crippen LogP contribution in [0.3, 0.4) is 0 Å². The molecule has 1 aromatic heterocycles. The van der Waals surface area contributed by atoms with Crippen LogP contribution in [-0.4, -0.2) is 16.6 Å². The molecule has 5 heteroatoms. The molecule has 0 saturated heterocycles. The van der Waals surface area contributed by atoms with Gasteiger partial charge in [0, 0.05) is 11.9 Å². The molecule has 0 amide bonds. The molecule has 0 aliphatic heterocycles. The first-order chi connectivity index (χ1) is 9.28. The van der Waals surface area contributed by atoms with Gasteiger partial charge in [0.05, 0.1) is 12.3 Å². The monoisotopic (exact) mass is 258 g/mol. The highest BCUT2D eigenvalue weighted by Gasteiger charge is 1.96. The molecule has 19 heavy (non-hydrogen) atoms. The lowest BCUT2D eigenvalue weighted by atomic mass is 10.3. The molecule has 0 atom stereocenters. The molecule has 0 saturated carbocycles. The van der Waals surface area contributed by atoms with Crippen molar-refractivity contribution in [1.82, 2.24) is 9.97 Å². The van der Waals surface area contributed by atoms with Gasteiger partial charge in [-0.25, -0.2) is 4.98 Å². The van der Waals surface area contributed by atoms with Crippen LogP contribution in [0.2, 0.25) is 0 Å². The Morgan fingerprint density at radius 1 is 1.21 bits per heavy atom. The van der Waals surface area contributed by atoms with Gasteiger partial charge in [-0.1, -0.05) is 13.3 Å². The minimum Gasteiger partial charge on any atom is -0.494 e. The van der Waals surface area contributed by atoms with Crippen molar-refractivity contribution < 1.29 is 4.74 Å². The van der Waals surface area contributed by atoms with Crippen molar-refractivity contribution in [1.29, 1.82) is 0 Å². The first kappa shape index (κ1) is 13.3. The summed E-state index contributed by atoms with van der Waals surface area (Å²) in [4.78, 5) is 7.05. The molecule has 1 N–H and O–H groups in total. The minimum atomic E-state index is 0.515. The molecular weight excluding hydrogens is 240 g/mol. The Hall–Kier alpha value is -2.17. The Morgan fingerprint density at radius 2 is 2.00 bits per heavy atom. The second-order valence-electron chi connectivity index (χ2n) is 4.29. The molecule has 2 aromatic rings. The van der Waals surface area contributed by atoms with Gasteiger partial charge in [0.2, 0.25) is 5.95 Å². The summed E-state index contributed by atoms with van der Waals surface area (Å²) in [6.45, 7) is 4.82. The summed E-state index contributed by atoms with van der Waals surface area (Å²) in [6.07, 6.45) is 3.92. The highest BCUT2D eigenvalue weighted by Crippen LogP contribution is 2.20. The zero-order valence-electron chi connectivity index (χ0n) is 11.3. The number of ether oxygens (including phenoxy) is 1. The minimum absolute atomic E-state index is 0.515. The van der Waals surface area contributed by atoms with Crippen molar-refractivity contribution in [3.8, 4) is 5.75 Å². The second kappa shape index (κ2) is 6.68. The van der Waals surface area contributed by atoms with Crippen LogP contribution in [0.25, 0.3) is 0 Å². The van der Waals surface area contributed by atoms with Crippen molar-refractivity contribution in [2.75, 3.05) is 6.61 Å². The van der Waals surface area contributed by atoms with Crippen molar-refractivity contribution in [3.05, 3.63) is 36.2 Å². The van der Waals surface area contributed by atoms with Crippen LogP contribution in [0.4, 0.5) is 11.6 Å². The van der Waals surface area contributed by atoms with Gasteiger partial charge in [0.15, 0.2) is 0 Å². The van der Waals surface area contributed by atoms with Gasteiger partial charge in [-0.05, 0) is 37.6 Å². The summed E-state index contributed by atoms with van der Waals surface area (Å²) in [5.41, 5.74) is 1.74. The number of hydrogen-bond acceptors (Lipinski definition) is 4. The first-order valence-corrected chi connectivity index (χ1v) is 6.44. The quantitative estimate of drug-likeness (QED) is 0.619. The van der Waals surface area contributed by atoms with E-state index in [1.807, 2.05) is 31.2 Å². The van der Waals surface area contributed by atoms with Crippen molar-refractivity contribution in [2.24, 2.45) is 10.2 Å². The maximum absolute atomic E-state index is 5.58. The number of aryl methyl sites for hydroxylation is 1. The number of unbranched alkanes of at least 4 members (excludes halogenated alkanes) is 1. The predicted octanol–water partition coefficient (Wildman–Crippen LogP) is 4.31. The van der Waals surface area contributed by atoms with E-state index >= 15 is 0 Å². The van der Waals surface area contributed by atoms with Crippen LogP contribution >= 0.6 is 0 Å². The predicted molar refractivity (Wildman–Crippen MR) is 74.3 cm³/mol. The summed E-state index contributed by atoms with van der Waals surface area (Å²) in [6, 6.07) is 7.55. The third-order valence-electron chi connectivity index (χ3n) is 2.55. The fraction of sp³-hybridized carbons (Fsp3) is 0.357. The number of rotatable bonds is 6. The molecule has 0 aliphatic rings. The van der Waals surface area contributed by atoms with Crippen molar-refractivity contribution >= 4 is 11.6 Å². The molecule has 5 nitrogen and oxygen atoms in total. The number of aromatic amines is 1. The molecule has 0 radical (unpaired) electrons. The van der Waals surface area contributed by atoms with Gasteiger partial charge in [0.1, 0.15) is 5.75 Å². The van der Waals surface area contributed by atoms with E-state index < -0.39 is 0 Å². The topological polar surface area (TPSA) is 62.6 Å². The Kier molecular flexibility index (Phi) is 4.66. The van der Waals surface area contributed by atoms with Crippen molar-refractivity contribution in [2.45, 2.75) is 26.7 Å². The SMILES string of the molecule is CCCCOc1ccc(N=Nc2ncc(C)[nH]2)cc1.